The Morgan fingerprint density at radius 1 is 1.04 bits per heavy atom. The monoisotopic (exact) mass is 522 g/mol. The molecular weight excluding hydrogens is 495 g/mol. The van der Waals surface area contributed by atoms with Crippen molar-refractivity contribution in [1.29, 1.82) is 0 Å². The van der Waals surface area contributed by atoms with E-state index in [1.807, 2.05) is 13.8 Å². The predicted octanol–water partition coefficient (Wildman–Crippen LogP) is 3.02. The average Bonchev–Trinajstić information content (AvgIpc) is 3.02. The number of nitrogens with one attached hydrogen (secondary N) is 3. The maximum absolute atomic E-state index is 12.2. The van der Waals surface area contributed by atoms with Gasteiger partial charge in [0.05, 0.1) is 11.4 Å². The Bertz CT molecular complexity index is 833. The van der Waals surface area contributed by atoms with E-state index < -0.39 is 10.0 Å². The van der Waals surface area contributed by atoms with E-state index >= 15 is 0 Å². The second kappa shape index (κ2) is 11.6. The van der Waals surface area contributed by atoms with Gasteiger partial charge in [0.25, 0.3) is 0 Å². The molecule has 0 fully saturated rings. The molecule has 2 rings (SSSR count). The van der Waals surface area contributed by atoms with Gasteiger partial charge in [-0.05, 0) is 45.0 Å². The first kappa shape index (κ1) is 23.9. The molecule has 27 heavy (non-hydrogen) atoms. The molecule has 9 heteroatoms. The molecule has 2 aromatic rings. The molecule has 0 saturated carbocycles. The highest BCUT2D eigenvalue weighted by atomic mass is 127. The molecule has 0 aliphatic rings. The highest BCUT2D eigenvalue weighted by Gasteiger charge is 2.12. The smallest absolute Gasteiger partial charge is 0.240 e. The Morgan fingerprint density at radius 3 is 2.33 bits per heavy atom. The third-order valence-electron chi connectivity index (χ3n) is 3.57. The van der Waals surface area contributed by atoms with Crippen LogP contribution < -0.4 is 15.4 Å². The number of aryl methyl sites for hydroxylation is 2. The van der Waals surface area contributed by atoms with Crippen LogP contribution in [0.2, 0.25) is 0 Å². The number of guanidine groups is 1. The van der Waals surface area contributed by atoms with Crippen LogP contribution in [0.25, 0.3) is 0 Å². The molecule has 0 radical (unpaired) electrons. The van der Waals surface area contributed by atoms with Gasteiger partial charge >= 0.3 is 0 Å². The van der Waals surface area contributed by atoms with Crippen molar-refractivity contribution in [1.82, 2.24) is 15.4 Å². The van der Waals surface area contributed by atoms with Crippen molar-refractivity contribution < 1.29 is 8.42 Å². The summed E-state index contributed by atoms with van der Waals surface area (Å²) in [5.41, 5.74) is 1.03. The van der Waals surface area contributed by atoms with E-state index in [1.165, 1.54) is 9.75 Å². The summed E-state index contributed by atoms with van der Waals surface area (Å²) in [6.45, 7) is 8.05. The van der Waals surface area contributed by atoms with Crippen LogP contribution in [0.3, 0.4) is 0 Å². The molecule has 0 aliphatic heterocycles. The van der Waals surface area contributed by atoms with Crippen molar-refractivity contribution in [3.63, 3.8) is 0 Å². The number of thiophene rings is 1. The summed E-state index contributed by atoms with van der Waals surface area (Å²) in [7, 11) is -3.49. The van der Waals surface area contributed by atoms with E-state index in [1.54, 1.807) is 35.6 Å². The molecule has 0 aliphatic carbocycles. The van der Waals surface area contributed by atoms with Crippen LogP contribution in [0, 0.1) is 13.8 Å². The zero-order valence-corrected chi connectivity index (χ0v) is 19.7. The van der Waals surface area contributed by atoms with Gasteiger partial charge in [-0.15, -0.1) is 35.3 Å². The van der Waals surface area contributed by atoms with Crippen molar-refractivity contribution in [3.05, 3.63) is 51.7 Å². The molecule has 0 bridgehead atoms. The van der Waals surface area contributed by atoms with Gasteiger partial charge in [0.1, 0.15) is 0 Å². The van der Waals surface area contributed by atoms with Gasteiger partial charge in [-0.25, -0.2) is 18.1 Å². The molecule has 0 atom stereocenters. The Morgan fingerprint density at radius 2 is 1.74 bits per heavy atom. The Hall–Kier alpha value is -1.17. The third kappa shape index (κ3) is 8.16. The van der Waals surface area contributed by atoms with Crippen molar-refractivity contribution >= 4 is 51.3 Å². The summed E-state index contributed by atoms with van der Waals surface area (Å²) in [5, 5.41) is 6.31. The topological polar surface area (TPSA) is 82.6 Å². The standard InChI is InChI=1S/C18H26N4O2S2.HI/c1-4-19-18(21-13-16-8-7-15(3)25-16)20-11-12-22-26(23,24)17-9-5-14(2)6-10-17;/h5-10,22H,4,11-13H2,1-3H3,(H2,19,20,21);1H. The summed E-state index contributed by atoms with van der Waals surface area (Å²) < 4.78 is 27.1. The first-order valence-corrected chi connectivity index (χ1v) is 10.8. The first-order valence-electron chi connectivity index (χ1n) is 8.54. The summed E-state index contributed by atoms with van der Waals surface area (Å²) >= 11 is 1.72. The number of hydrogen-bond donors (Lipinski definition) is 3. The number of rotatable bonds is 8. The van der Waals surface area contributed by atoms with Gasteiger partial charge in [-0.3, -0.25) is 0 Å². The fraction of sp³-hybridized carbons (Fsp3) is 0.389. The summed E-state index contributed by atoms with van der Waals surface area (Å²) in [6.07, 6.45) is 0. The van der Waals surface area contributed by atoms with E-state index in [0.717, 1.165) is 12.1 Å². The first-order chi connectivity index (χ1) is 12.4. The number of benzene rings is 1. The molecule has 0 unspecified atom stereocenters. The summed E-state index contributed by atoms with van der Waals surface area (Å²) in [5.74, 6) is 0.674. The molecule has 6 nitrogen and oxygen atoms in total. The minimum atomic E-state index is -3.49. The van der Waals surface area contributed by atoms with Crippen molar-refractivity contribution in [2.45, 2.75) is 32.2 Å². The minimum absolute atomic E-state index is 0. The number of aliphatic imine (C=N–C) groups is 1. The van der Waals surface area contributed by atoms with Crippen LogP contribution in [-0.2, 0) is 16.6 Å². The van der Waals surface area contributed by atoms with Gasteiger partial charge < -0.3 is 10.6 Å². The van der Waals surface area contributed by atoms with E-state index in [9.17, 15) is 8.42 Å². The fourth-order valence-corrected chi connectivity index (χ4v) is 4.08. The molecule has 0 spiro atoms. The van der Waals surface area contributed by atoms with E-state index in [2.05, 4.69) is 39.4 Å². The summed E-state index contributed by atoms with van der Waals surface area (Å²) in [4.78, 5) is 7.26. The van der Waals surface area contributed by atoms with E-state index in [-0.39, 0.29) is 35.4 Å². The maximum atomic E-state index is 12.2. The molecule has 1 aromatic heterocycles. The predicted molar refractivity (Wildman–Crippen MR) is 124 cm³/mol. The van der Waals surface area contributed by atoms with Crippen LogP contribution >= 0.6 is 35.3 Å². The minimum Gasteiger partial charge on any atom is -0.357 e. The van der Waals surface area contributed by atoms with Crippen LogP contribution in [0.4, 0.5) is 0 Å². The molecule has 1 heterocycles. The number of sulfonamides is 1. The second-order valence-electron chi connectivity index (χ2n) is 5.85. The second-order valence-corrected chi connectivity index (χ2v) is 8.98. The third-order valence-corrected chi connectivity index (χ3v) is 6.04. The van der Waals surface area contributed by atoms with Crippen LogP contribution in [0.5, 0.6) is 0 Å². The number of nitrogens with zero attached hydrogens (tertiary/aromatic N) is 1. The van der Waals surface area contributed by atoms with Crippen LogP contribution in [-0.4, -0.2) is 34.0 Å². The lowest BCUT2D eigenvalue weighted by molar-refractivity contribution is 0.580. The van der Waals surface area contributed by atoms with Crippen molar-refractivity contribution in [2.24, 2.45) is 4.99 Å². The molecule has 0 amide bonds. The van der Waals surface area contributed by atoms with E-state index in [0.29, 0.717) is 19.0 Å². The normalized spacial score (nSPS) is 11.7. The van der Waals surface area contributed by atoms with Gasteiger partial charge in [-0.1, -0.05) is 17.7 Å². The Kier molecular flexibility index (Phi) is 10.3. The quantitative estimate of drug-likeness (QED) is 0.216. The van der Waals surface area contributed by atoms with Crippen LogP contribution in [0.1, 0.15) is 22.2 Å². The Labute approximate surface area is 182 Å². The highest BCUT2D eigenvalue weighted by Crippen LogP contribution is 2.15. The number of hydrogen-bond acceptors (Lipinski definition) is 4. The van der Waals surface area contributed by atoms with Gasteiger partial charge in [0, 0.05) is 29.4 Å². The largest absolute Gasteiger partial charge is 0.357 e. The van der Waals surface area contributed by atoms with Crippen LogP contribution in [0.15, 0.2) is 46.3 Å². The molecule has 150 valence electrons. The van der Waals surface area contributed by atoms with Crippen molar-refractivity contribution in [2.75, 3.05) is 19.6 Å². The molecule has 3 N–H and O–H groups in total. The van der Waals surface area contributed by atoms with Gasteiger partial charge in [-0.2, -0.15) is 0 Å². The van der Waals surface area contributed by atoms with Gasteiger partial charge in [0.2, 0.25) is 10.0 Å². The Balaban J connectivity index is 0.00000364. The lowest BCUT2D eigenvalue weighted by Gasteiger charge is -2.12. The van der Waals surface area contributed by atoms with Gasteiger partial charge in [0.15, 0.2) is 5.96 Å². The maximum Gasteiger partial charge on any atom is 0.240 e. The lowest BCUT2D eigenvalue weighted by Crippen LogP contribution is -2.41. The molecule has 0 saturated heterocycles. The molecular formula is C18H27IN4O2S2. The summed E-state index contributed by atoms with van der Waals surface area (Å²) in [6, 6.07) is 10.9. The lowest BCUT2D eigenvalue weighted by atomic mass is 10.2. The fourth-order valence-electron chi connectivity index (χ4n) is 2.24. The van der Waals surface area contributed by atoms with Crippen molar-refractivity contribution in [3.8, 4) is 0 Å². The molecule has 1 aromatic carbocycles. The van der Waals surface area contributed by atoms with E-state index in [4.69, 9.17) is 0 Å². The number of halogens is 1. The zero-order valence-electron chi connectivity index (χ0n) is 15.8. The highest BCUT2D eigenvalue weighted by molar-refractivity contribution is 14.0. The zero-order chi connectivity index (χ0) is 19.0. The SMILES string of the molecule is CCNC(=NCc1ccc(C)s1)NCCNS(=O)(=O)c1ccc(C)cc1.I. The average molecular weight is 522 g/mol.